The fraction of sp³-hybridized carbons (Fsp3) is 0.588. The summed E-state index contributed by atoms with van der Waals surface area (Å²) in [6.07, 6.45) is 8.74. The molecule has 0 spiro atoms. The molecule has 1 aliphatic rings. The number of aliphatic hydroxyl groups is 1. The van der Waals surface area contributed by atoms with E-state index in [4.69, 9.17) is 0 Å². The molecule has 0 aliphatic heterocycles. The number of carbonyl (C=O) groups is 1. The zero-order valence-corrected chi connectivity index (χ0v) is 13.5. The van der Waals surface area contributed by atoms with Crippen LogP contribution in [0.15, 0.2) is 29.2 Å². The molecule has 2 N–H and O–H groups in total. The molecular formula is C17H25NO2S. The van der Waals surface area contributed by atoms with E-state index in [0.29, 0.717) is 12.3 Å². The number of nitrogens with one attached hydrogen (secondary N) is 1. The summed E-state index contributed by atoms with van der Waals surface area (Å²) in [5, 5.41) is 12.5. The van der Waals surface area contributed by atoms with Gasteiger partial charge in [-0.05, 0) is 43.6 Å². The molecule has 0 saturated heterocycles. The minimum absolute atomic E-state index is 0.0102. The third-order valence-corrected chi connectivity index (χ3v) is 5.12. The minimum Gasteiger partial charge on any atom is -0.396 e. The summed E-state index contributed by atoms with van der Waals surface area (Å²) in [7, 11) is 0. The van der Waals surface area contributed by atoms with E-state index in [0.717, 1.165) is 23.3 Å². The number of benzene rings is 1. The lowest BCUT2D eigenvalue weighted by molar-refractivity contribution is 0.0896. The van der Waals surface area contributed by atoms with Crippen LogP contribution in [-0.4, -0.2) is 29.9 Å². The SMILES string of the molecule is CSc1ccccc1C(=O)NC(CCO)C1CCCCC1. The molecule has 1 aliphatic carbocycles. The Labute approximate surface area is 131 Å². The largest absolute Gasteiger partial charge is 0.396 e. The summed E-state index contributed by atoms with van der Waals surface area (Å²) in [5.41, 5.74) is 0.740. The fourth-order valence-electron chi connectivity index (χ4n) is 3.18. The van der Waals surface area contributed by atoms with Gasteiger partial charge in [0.25, 0.3) is 5.91 Å². The van der Waals surface area contributed by atoms with Crippen LogP contribution < -0.4 is 5.32 Å². The Morgan fingerprint density at radius 1 is 1.33 bits per heavy atom. The summed E-state index contributed by atoms with van der Waals surface area (Å²) < 4.78 is 0. The maximum atomic E-state index is 12.5. The summed E-state index contributed by atoms with van der Waals surface area (Å²) in [4.78, 5) is 13.5. The zero-order chi connectivity index (χ0) is 15.1. The maximum absolute atomic E-state index is 12.5. The molecule has 4 heteroatoms. The molecule has 0 aromatic heterocycles. The molecule has 0 heterocycles. The van der Waals surface area contributed by atoms with E-state index in [2.05, 4.69) is 5.32 Å². The van der Waals surface area contributed by atoms with Crippen molar-refractivity contribution in [2.45, 2.75) is 49.5 Å². The smallest absolute Gasteiger partial charge is 0.252 e. The molecule has 3 nitrogen and oxygen atoms in total. The van der Waals surface area contributed by atoms with E-state index in [1.165, 1.54) is 19.3 Å². The monoisotopic (exact) mass is 307 g/mol. The summed E-state index contributed by atoms with van der Waals surface area (Å²) in [6, 6.07) is 7.79. The van der Waals surface area contributed by atoms with Gasteiger partial charge >= 0.3 is 0 Å². The van der Waals surface area contributed by atoms with Crippen LogP contribution in [0, 0.1) is 5.92 Å². The van der Waals surface area contributed by atoms with Gasteiger partial charge in [0, 0.05) is 17.5 Å². The van der Waals surface area contributed by atoms with Crippen molar-refractivity contribution in [2.24, 2.45) is 5.92 Å². The van der Waals surface area contributed by atoms with Crippen molar-refractivity contribution >= 4 is 17.7 Å². The number of rotatable bonds is 6. The van der Waals surface area contributed by atoms with Gasteiger partial charge in [-0.3, -0.25) is 4.79 Å². The summed E-state index contributed by atoms with van der Waals surface area (Å²) in [6.45, 7) is 0.131. The van der Waals surface area contributed by atoms with Crippen molar-refractivity contribution in [3.63, 3.8) is 0 Å². The molecule has 116 valence electrons. The standard InChI is InChI=1S/C17H25NO2S/c1-21-16-10-6-5-9-14(16)17(20)18-15(11-12-19)13-7-3-2-4-8-13/h5-6,9-10,13,15,19H,2-4,7-8,11-12H2,1H3,(H,18,20). The molecule has 1 atom stereocenters. The topological polar surface area (TPSA) is 49.3 Å². The van der Waals surface area contributed by atoms with Gasteiger partial charge in [-0.2, -0.15) is 0 Å². The first-order valence-corrected chi connectivity index (χ1v) is 9.03. The number of carbonyl (C=O) groups excluding carboxylic acids is 1. The van der Waals surface area contributed by atoms with Crippen LogP contribution >= 0.6 is 11.8 Å². The Kier molecular flexibility index (Phi) is 6.58. The van der Waals surface area contributed by atoms with Gasteiger partial charge in [0.05, 0.1) is 5.56 Å². The van der Waals surface area contributed by atoms with E-state index in [-0.39, 0.29) is 18.6 Å². The normalized spacial score (nSPS) is 17.4. The first kappa shape index (κ1) is 16.4. The Hall–Kier alpha value is -1.00. The highest BCUT2D eigenvalue weighted by molar-refractivity contribution is 7.98. The fourth-order valence-corrected chi connectivity index (χ4v) is 3.78. The predicted octanol–water partition coefficient (Wildman–Crippen LogP) is 3.47. The summed E-state index contributed by atoms with van der Waals surface area (Å²) in [5.74, 6) is 0.500. The zero-order valence-electron chi connectivity index (χ0n) is 12.7. The minimum atomic E-state index is -0.0102. The van der Waals surface area contributed by atoms with Crippen molar-refractivity contribution in [1.29, 1.82) is 0 Å². The number of hydrogen-bond acceptors (Lipinski definition) is 3. The van der Waals surface area contributed by atoms with Crippen LogP contribution in [-0.2, 0) is 0 Å². The van der Waals surface area contributed by atoms with Crippen molar-refractivity contribution in [1.82, 2.24) is 5.32 Å². The second kappa shape index (κ2) is 8.44. The van der Waals surface area contributed by atoms with E-state index in [1.807, 2.05) is 30.5 Å². The second-order valence-corrected chi connectivity index (χ2v) is 6.54. The molecule has 1 saturated carbocycles. The van der Waals surface area contributed by atoms with Crippen molar-refractivity contribution in [3.8, 4) is 0 Å². The second-order valence-electron chi connectivity index (χ2n) is 5.69. The van der Waals surface area contributed by atoms with Gasteiger partial charge < -0.3 is 10.4 Å². The molecule has 2 rings (SSSR count). The van der Waals surface area contributed by atoms with Crippen LogP contribution in [0.4, 0.5) is 0 Å². The van der Waals surface area contributed by atoms with Crippen LogP contribution in [0.25, 0.3) is 0 Å². The number of thioether (sulfide) groups is 1. The van der Waals surface area contributed by atoms with E-state index in [1.54, 1.807) is 11.8 Å². The molecule has 21 heavy (non-hydrogen) atoms. The molecule has 1 fully saturated rings. The van der Waals surface area contributed by atoms with Crippen LogP contribution in [0.5, 0.6) is 0 Å². The average Bonchev–Trinajstić information content (AvgIpc) is 2.55. The van der Waals surface area contributed by atoms with Gasteiger partial charge in [0.15, 0.2) is 0 Å². The van der Waals surface area contributed by atoms with Crippen LogP contribution in [0.1, 0.15) is 48.9 Å². The van der Waals surface area contributed by atoms with E-state index >= 15 is 0 Å². The highest BCUT2D eigenvalue weighted by Crippen LogP contribution is 2.28. The molecule has 1 aromatic rings. The number of hydrogen-bond donors (Lipinski definition) is 2. The van der Waals surface area contributed by atoms with E-state index in [9.17, 15) is 9.90 Å². The van der Waals surface area contributed by atoms with Gasteiger partial charge in [0.1, 0.15) is 0 Å². The lowest BCUT2D eigenvalue weighted by Gasteiger charge is -2.30. The molecule has 1 amide bonds. The highest BCUT2D eigenvalue weighted by atomic mass is 32.2. The number of amides is 1. The van der Waals surface area contributed by atoms with Gasteiger partial charge in [-0.1, -0.05) is 31.4 Å². The quantitative estimate of drug-likeness (QED) is 0.791. The average molecular weight is 307 g/mol. The maximum Gasteiger partial charge on any atom is 0.252 e. The number of aliphatic hydroxyl groups excluding tert-OH is 1. The third kappa shape index (κ3) is 4.48. The molecule has 0 bridgehead atoms. The summed E-state index contributed by atoms with van der Waals surface area (Å²) >= 11 is 1.59. The first-order chi connectivity index (χ1) is 10.3. The molecule has 0 radical (unpaired) electrons. The Bertz CT molecular complexity index is 458. The molecular weight excluding hydrogens is 282 g/mol. The lowest BCUT2D eigenvalue weighted by atomic mass is 9.82. The van der Waals surface area contributed by atoms with Gasteiger partial charge in [-0.15, -0.1) is 11.8 Å². The Balaban J connectivity index is 2.06. The van der Waals surface area contributed by atoms with Crippen molar-refractivity contribution in [2.75, 3.05) is 12.9 Å². The molecule has 1 unspecified atom stereocenters. The third-order valence-electron chi connectivity index (χ3n) is 4.33. The Morgan fingerprint density at radius 2 is 2.05 bits per heavy atom. The van der Waals surface area contributed by atoms with Crippen molar-refractivity contribution < 1.29 is 9.90 Å². The van der Waals surface area contributed by atoms with Crippen LogP contribution in [0.2, 0.25) is 0 Å². The molecule has 1 aromatic carbocycles. The predicted molar refractivity (Wildman–Crippen MR) is 87.8 cm³/mol. The Morgan fingerprint density at radius 3 is 2.71 bits per heavy atom. The van der Waals surface area contributed by atoms with E-state index < -0.39 is 0 Å². The van der Waals surface area contributed by atoms with Gasteiger partial charge in [0.2, 0.25) is 0 Å². The first-order valence-electron chi connectivity index (χ1n) is 7.81. The highest BCUT2D eigenvalue weighted by Gasteiger charge is 2.25. The van der Waals surface area contributed by atoms with Gasteiger partial charge in [-0.25, -0.2) is 0 Å². The lowest BCUT2D eigenvalue weighted by Crippen LogP contribution is -2.41. The van der Waals surface area contributed by atoms with Crippen molar-refractivity contribution in [3.05, 3.63) is 29.8 Å². The van der Waals surface area contributed by atoms with Crippen LogP contribution in [0.3, 0.4) is 0 Å².